The van der Waals surface area contributed by atoms with Gasteiger partial charge in [-0.05, 0) is 55.3 Å². The molecule has 4 heteroatoms. The maximum absolute atomic E-state index is 6.11. The third-order valence-electron chi connectivity index (χ3n) is 3.45. The molecule has 1 N–H and O–H groups in total. The number of ether oxygens (including phenoxy) is 1. The van der Waals surface area contributed by atoms with Crippen LogP contribution in [-0.4, -0.2) is 18.6 Å². The zero-order chi connectivity index (χ0) is 15.2. The Labute approximate surface area is 131 Å². The van der Waals surface area contributed by atoms with Gasteiger partial charge in [-0.1, -0.05) is 24.6 Å². The summed E-state index contributed by atoms with van der Waals surface area (Å²) in [4.78, 5) is 4.39. The summed E-state index contributed by atoms with van der Waals surface area (Å²) in [6.45, 7) is 4.98. The van der Waals surface area contributed by atoms with Gasteiger partial charge in [0.2, 0.25) is 0 Å². The van der Waals surface area contributed by atoms with Crippen LogP contribution >= 0.6 is 11.6 Å². The first-order chi connectivity index (χ1) is 10.1. The summed E-state index contributed by atoms with van der Waals surface area (Å²) in [5, 5.41) is 4.22. The summed E-state index contributed by atoms with van der Waals surface area (Å²) < 4.78 is 5.43. The molecule has 1 aromatic heterocycles. The Balaban J connectivity index is 2.27. The Bertz CT molecular complexity index is 584. The predicted molar refractivity (Wildman–Crippen MR) is 87.1 cm³/mol. The van der Waals surface area contributed by atoms with Crippen LogP contribution in [0.15, 0.2) is 36.5 Å². The molecule has 0 aliphatic rings. The SMILES string of the molecule is CCNC(Cc1cc(Cl)ccc1OC)c1ccc(C)nc1. The van der Waals surface area contributed by atoms with E-state index in [9.17, 15) is 0 Å². The highest BCUT2D eigenvalue weighted by atomic mass is 35.5. The van der Waals surface area contributed by atoms with E-state index in [2.05, 4.69) is 23.3 Å². The van der Waals surface area contributed by atoms with Crippen molar-refractivity contribution in [3.05, 3.63) is 58.4 Å². The normalized spacial score (nSPS) is 12.2. The van der Waals surface area contributed by atoms with E-state index < -0.39 is 0 Å². The summed E-state index contributed by atoms with van der Waals surface area (Å²) in [7, 11) is 1.68. The first kappa shape index (κ1) is 15.8. The standard InChI is InChI=1S/C17H21ClN2O/c1-4-19-16(13-6-5-12(2)20-11-13)10-14-9-15(18)7-8-17(14)21-3/h5-9,11,16,19H,4,10H2,1-3H3. The van der Waals surface area contributed by atoms with E-state index in [4.69, 9.17) is 16.3 Å². The largest absolute Gasteiger partial charge is 0.496 e. The molecule has 1 heterocycles. The van der Waals surface area contributed by atoms with E-state index >= 15 is 0 Å². The molecule has 1 unspecified atom stereocenters. The topological polar surface area (TPSA) is 34.1 Å². The van der Waals surface area contributed by atoms with Gasteiger partial charge in [0.05, 0.1) is 7.11 Å². The summed E-state index contributed by atoms with van der Waals surface area (Å²) in [6, 6.07) is 10.1. The molecule has 2 rings (SSSR count). The van der Waals surface area contributed by atoms with Crippen molar-refractivity contribution in [2.24, 2.45) is 0 Å². The average molecular weight is 305 g/mol. The lowest BCUT2D eigenvalue weighted by atomic mass is 9.99. The fourth-order valence-corrected chi connectivity index (χ4v) is 2.56. The van der Waals surface area contributed by atoms with Crippen molar-refractivity contribution in [3.8, 4) is 5.75 Å². The maximum atomic E-state index is 6.11. The molecule has 0 radical (unpaired) electrons. The second kappa shape index (κ2) is 7.43. The molecule has 21 heavy (non-hydrogen) atoms. The van der Waals surface area contributed by atoms with Crippen LogP contribution < -0.4 is 10.1 Å². The van der Waals surface area contributed by atoms with Gasteiger partial charge in [-0.3, -0.25) is 4.98 Å². The number of methoxy groups -OCH3 is 1. The number of hydrogen-bond donors (Lipinski definition) is 1. The van der Waals surface area contributed by atoms with Crippen LogP contribution in [0.2, 0.25) is 5.02 Å². The molecule has 3 nitrogen and oxygen atoms in total. The fraction of sp³-hybridized carbons (Fsp3) is 0.353. The van der Waals surface area contributed by atoms with Crippen molar-refractivity contribution in [2.75, 3.05) is 13.7 Å². The Hall–Kier alpha value is -1.58. The Morgan fingerprint density at radius 2 is 2.10 bits per heavy atom. The van der Waals surface area contributed by atoms with Gasteiger partial charge < -0.3 is 10.1 Å². The van der Waals surface area contributed by atoms with Crippen LogP contribution in [0.25, 0.3) is 0 Å². The molecule has 0 bridgehead atoms. The summed E-state index contributed by atoms with van der Waals surface area (Å²) in [5.74, 6) is 0.863. The minimum Gasteiger partial charge on any atom is -0.496 e. The number of likely N-dealkylation sites (N-methyl/N-ethyl adjacent to an activating group) is 1. The molecule has 0 saturated heterocycles. The van der Waals surface area contributed by atoms with Crippen molar-refractivity contribution in [2.45, 2.75) is 26.3 Å². The minimum absolute atomic E-state index is 0.190. The van der Waals surface area contributed by atoms with Crippen LogP contribution in [0.4, 0.5) is 0 Å². The number of hydrogen-bond acceptors (Lipinski definition) is 3. The number of benzene rings is 1. The summed E-state index contributed by atoms with van der Waals surface area (Å²) >= 11 is 6.11. The second-order valence-corrected chi connectivity index (χ2v) is 5.44. The molecule has 112 valence electrons. The van der Waals surface area contributed by atoms with E-state index in [1.807, 2.05) is 37.4 Å². The van der Waals surface area contributed by atoms with Gasteiger partial charge >= 0.3 is 0 Å². The lowest BCUT2D eigenvalue weighted by Crippen LogP contribution is -2.23. The van der Waals surface area contributed by atoms with Gasteiger partial charge in [0.25, 0.3) is 0 Å². The van der Waals surface area contributed by atoms with Crippen molar-refractivity contribution >= 4 is 11.6 Å². The van der Waals surface area contributed by atoms with Crippen molar-refractivity contribution < 1.29 is 4.74 Å². The molecule has 1 aromatic carbocycles. The molecule has 0 saturated carbocycles. The summed E-state index contributed by atoms with van der Waals surface area (Å²) in [6.07, 6.45) is 2.74. The molecular weight excluding hydrogens is 284 g/mol. The fourth-order valence-electron chi connectivity index (χ4n) is 2.37. The quantitative estimate of drug-likeness (QED) is 0.877. The number of rotatable bonds is 6. The van der Waals surface area contributed by atoms with Crippen molar-refractivity contribution in [1.82, 2.24) is 10.3 Å². The van der Waals surface area contributed by atoms with Crippen LogP contribution in [0.1, 0.15) is 29.8 Å². The Kier molecular flexibility index (Phi) is 5.59. The zero-order valence-corrected chi connectivity index (χ0v) is 13.4. The molecule has 0 aliphatic carbocycles. The lowest BCUT2D eigenvalue weighted by molar-refractivity contribution is 0.405. The first-order valence-electron chi connectivity index (χ1n) is 7.12. The maximum Gasteiger partial charge on any atom is 0.122 e. The predicted octanol–water partition coefficient (Wildman–Crippen LogP) is 3.95. The van der Waals surface area contributed by atoms with Gasteiger partial charge in [0.15, 0.2) is 0 Å². The van der Waals surface area contributed by atoms with Crippen LogP contribution in [0.5, 0.6) is 5.75 Å². The monoisotopic (exact) mass is 304 g/mol. The number of nitrogens with zero attached hydrogens (tertiary/aromatic N) is 1. The van der Waals surface area contributed by atoms with E-state index in [1.165, 1.54) is 5.56 Å². The first-order valence-corrected chi connectivity index (χ1v) is 7.50. The van der Waals surface area contributed by atoms with Crippen molar-refractivity contribution in [1.29, 1.82) is 0 Å². The number of pyridine rings is 1. The smallest absolute Gasteiger partial charge is 0.122 e. The van der Waals surface area contributed by atoms with Crippen molar-refractivity contribution in [3.63, 3.8) is 0 Å². The van der Waals surface area contributed by atoms with E-state index in [-0.39, 0.29) is 6.04 Å². The molecule has 1 atom stereocenters. The van der Waals surface area contributed by atoms with Gasteiger partial charge in [-0.25, -0.2) is 0 Å². The molecule has 0 spiro atoms. The number of aryl methyl sites for hydroxylation is 1. The average Bonchev–Trinajstić information content (AvgIpc) is 2.48. The third kappa shape index (κ3) is 4.19. The Morgan fingerprint density at radius 1 is 1.29 bits per heavy atom. The van der Waals surface area contributed by atoms with Gasteiger partial charge in [0.1, 0.15) is 5.75 Å². The molecule has 2 aromatic rings. The number of aromatic nitrogens is 1. The molecular formula is C17H21ClN2O. The van der Waals surface area contributed by atoms with E-state index in [0.717, 1.165) is 35.0 Å². The van der Waals surface area contributed by atoms with E-state index in [1.54, 1.807) is 7.11 Å². The lowest BCUT2D eigenvalue weighted by Gasteiger charge is -2.20. The molecule has 0 fully saturated rings. The highest BCUT2D eigenvalue weighted by Crippen LogP contribution is 2.27. The highest BCUT2D eigenvalue weighted by Gasteiger charge is 2.14. The van der Waals surface area contributed by atoms with E-state index in [0.29, 0.717) is 0 Å². The van der Waals surface area contributed by atoms with Crippen LogP contribution in [0.3, 0.4) is 0 Å². The Morgan fingerprint density at radius 3 is 2.71 bits per heavy atom. The van der Waals surface area contributed by atoms with Crippen LogP contribution in [0, 0.1) is 6.92 Å². The van der Waals surface area contributed by atoms with Gasteiger partial charge in [-0.2, -0.15) is 0 Å². The number of nitrogens with one attached hydrogen (secondary N) is 1. The van der Waals surface area contributed by atoms with Gasteiger partial charge in [0, 0.05) is 23.0 Å². The zero-order valence-electron chi connectivity index (χ0n) is 12.7. The molecule has 0 aliphatic heterocycles. The third-order valence-corrected chi connectivity index (χ3v) is 3.69. The number of halogens is 1. The minimum atomic E-state index is 0.190. The second-order valence-electron chi connectivity index (χ2n) is 5.00. The highest BCUT2D eigenvalue weighted by molar-refractivity contribution is 6.30. The molecule has 0 amide bonds. The van der Waals surface area contributed by atoms with Gasteiger partial charge in [-0.15, -0.1) is 0 Å². The summed E-state index contributed by atoms with van der Waals surface area (Å²) in [5.41, 5.74) is 3.29. The van der Waals surface area contributed by atoms with Crippen LogP contribution in [-0.2, 0) is 6.42 Å².